The maximum atomic E-state index is 12.4. The lowest BCUT2D eigenvalue weighted by Crippen LogP contribution is -2.53. The summed E-state index contributed by atoms with van der Waals surface area (Å²) in [7, 11) is 1.43. The topological polar surface area (TPSA) is 54.7 Å². The first kappa shape index (κ1) is 17.7. The fraction of sp³-hybridized carbons (Fsp3) is 0.571. The van der Waals surface area contributed by atoms with Crippen LogP contribution in [0.5, 0.6) is 0 Å². The fourth-order valence-electron chi connectivity index (χ4n) is 5.89. The standard InChI is InChI=1S/C21H25BrN2O3/c1-27-21(26)19-15-10-17-20-14(13-4-2-3-5-16(13)24(20)22)8-9-23(17)11-12(15)6-7-18(19)25/h2-5,12,15,17-19,25H,6-11H2,1H3. The Morgan fingerprint density at radius 2 is 2.11 bits per heavy atom. The first-order chi connectivity index (χ1) is 13.1. The first-order valence-electron chi connectivity index (χ1n) is 9.88. The highest BCUT2D eigenvalue weighted by Crippen LogP contribution is 2.50. The van der Waals surface area contributed by atoms with Crippen LogP contribution >= 0.6 is 16.1 Å². The van der Waals surface area contributed by atoms with E-state index < -0.39 is 12.0 Å². The molecule has 144 valence electrons. The number of rotatable bonds is 1. The van der Waals surface area contributed by atoms with Crippen LogP contribution in [0.25, 0.3) is 10.9 Å². The Bertz CT molecular complexity index is 895. The summed E-state index contributed by atoms with van der Waals surface area (Å²) < 4.78 is 7.23. The van der Waals surface area contributed by atoms with Crippen molar-refractivity contribution < 1.29 is 14.6 Å². The highest BCUT2D eigenvalue weighted by atomic mass is 79.9. The summed E-state index contributed by atoms with van der Waals surface area (Å²) in [5.41, 5.74) is 3.96. The maximum Gasteiger partial charge on any atom is 0.311 e. The molecule has 6 heteroatoms. The average Bonchev–Trinajstić information content (AvgIpc) is 2.99. The summed E-state index contributed by atoms with van der Waals surface area (Å²) in [6.45, 7) is 2.07. The fourth-order valence-corrected chi connectivity index (χ4v) is 6.65. The van der Waals surface area contributed by atoms with E-state index in [1.54, 1.807) is 0 Å². The number of ether oxygens (including phenoxy) is 1. The molecule has 0 spiro atoms. The maximum absolute atomic E-state index is 12.4. The van der Waals surface area contributed by atoms with Gasteiger partial charge in [-0.2, -0.15) is 0 Å². The lowest BCUT2D eigenvalue weighted by molar-refractivity contribution is -0.160. The zero-order valence-electron chi connectivity index (χ0n) is 15.5. The second kappa shape index (κ2) is 6.61. The van der Waals surface area contributed by atoms with E-state index in [9.17, 15) is 9.90 Å². The molecule has 3 heterocycles. The second-order valence-corrected chi connectivity index (χ2v) is 8.99. The van der Waals surface area contributed by atoms with Gasteiger partial charge in [-0.05, 0) is 49.1 Å². The second-order valence-electron chi connectivity index (χ2n) is 8.28. The summed E-state index contributed by atoms with van der Waals surface area (Å²) in [6.07, 6.45) is 3.07. The molecule has 3 aliphatic rings. The van der Waals surface area contributed by atoms with Gasteiger partial charge in [0.1, 0.15) is 0 Å². The molecule has 2 fully saturated rings. The van der Waals surface area contributed by atoms with Gasteiger partial charge in [-0.3, -0.25) is 13.3 Å². The Morgan fingerprint density at radius 3 is 2.93 bits per heavy atom. The van der Waals surface area contributed by atoms with Crippen LogP contribution in [-0.2, 0) is 16.0 Å². The number of carbonyl (C=O) groups excluding carboxylic acids is 1. The van der Waals surface area contributed by atoms with Gasteiger partial charge >= 0.3 is 5.97 Å². The summed E-state index contributed by atoms with van der Waals surface area (Å²) in [5, 5.41) is 11.9. The molecule has 1 saturated carbocycles. The van der Waals surface area contributed by atoms with Gasteiger partial charge in [0.25, 0.3) is 0 Å². The molecule has 0 amide bonds. The molecule has 0 radical (unpaired) electrons. The van der Waals surface area contributed by atoms with Crippen LogP contribution in [-0.4, -0.2) is 45.9 Å². The number of aromatic nitrogens is 1. The van der Waals surface area contributed by atoms with E-state index in [2.05, 4.69) is 48.9 Å². The minimum absolute atomic E-state index is 0.180. The van der Waals surface area contributed by atoms with Crippen molar-refractivity contribution in [2.24, 2.45) is 17.8 Å². The van der Waals surface area contributed by atoms with Crippen molar-refractivity contribution in [3.05, 3.63) is 35.5 Å². The minimum atomic E-state index is -0.580. The molecule has 5 unspecified atom stereocenters. The number of hydrogen-bond acceptors (Lipinski definition) is 4. The van der Waals surface area contributed by atoms with Crippen molar-refractivity contribution >= 4 is 33.0 Å². The molecule has 2 aliphatic heterocycles. The number of benzene rings is 1. The molecule has 5 rings (SSSR count). The van der Waals surface area contributed by atoms with Gasteiger partial charge in [-0.1, -0.05) is 18.2 Å². The Labute approximate surface area is 167 Å². The Kier molecular flexibility index (Phi) is 4.33. The van der Waals surface area contributed by atoms with Crippen molar-refractivity contribution in [1.29, 1.82) is 0 Å². The largest absolute Gasteiger partial charge is 0.469 e. The van der Waals surface area contributed by atoms with Crippen molar-refractivity contribution in [2.45, 2.75) is 37.8 Å². The smallest absolute Gasteiger partial charge is 0.311 e. The molecule has 1 aromatic carbocycles. The molecule has 1 aromatic heterocycles. The van der Waals surface area contributed by atoms with E-state index >= 15 is 0 Å². The van der Waals surface area contributed by atoms with Gasteiger partial charge in [-0.15, -0.1) is 0 Å². The van der Waals surface area contributed by atoms with E-state index in [0.29, 0.717) is 12.3 Å². The molecule has 0 bridgehead atoms. The van der Waals surface area contributed by atoms with Crippen molar-refractivity contribution in [2.75, 3.05) is 20.2 Å². The predicted molar refractivity (Wildman–Crippen MR) is 107 cm³/mol. The summed E-state index contributed by atoms with van der Waals surface area (Å²) in [5.74, 6) is -0.00198. The van der Waals surface area contributed by atoms with Crippen LogP contribution < -0.4 is 0 Å². The Balaban J connectivity index is 1.56. The lowest BCUT2D eigenvalue weighted by atomic mass is 9.65. The van der Waals surface area contributed by atoms with Crippen LogP contribution in [0.4, 0.5) is 0 Å². The third-order valence-corrected chi connectivity index (χ3v) is 7.88. The Morgan fingerprint density at radius 1 is 1.30 bits per heavy atom. The molecule has 1 aliphatic carbocycles. The number of esters is 1. The van der Waals surface area contributed by atoms with Crippen LogP contribution in [0.1, 0.15) is 36.6 Å². The molecule has 1 N–H and O–H groups in total. The average molecular weight is 433 g/mol. The number of aliphatic hydroxyl groups excluding tert-OH is 1. The number of hydrogen-bond donors (Lipinski definition) is 1. The molecular weight excluding hydrogens is 408 g/mol. The predicted octanol–water partition coefficient (Wildman–Crippen LogP) is 3.28. The lowest BCUT2D eigenvalue weighted by Gasteiger charge is -2.51. The summed E-state index contributed by atoms with van der Waals surface area (Å²) >= 11 is 3.81. The quantitative estimate of drug-likeness (QED) is 0.702. The van der Waals surface area contributed by atoms with Crippen LogP contribution in [0.2, 0.25) is 0 Å². The van der Waals surface area contributed by atoms with Crippen molar-refractivity contribution in [3.63, 3.8) is 0 Å². The van der Waals surface area contributed by atoms with Crippen molar-refractivity contribution in [3.8, 4) is 0 Å². The molecule has 27 heavy (non-hydrogen) atoms. The van der Waals surface area contributed by atoms with Crippen LogP contribution in [0.3, 0.4) is 0 Å². The van der Waals surface area contributed by atoms with Gasteiger partial charge < -0.3 is 9.84 Å². The zero-order chi connectivity index (χ0) is 18.7. The number of methoxy groups -OCH3 is 1. The summed E-state index contributed by atoms with van der Waals surface area (Å²) in [4.78, 5) is 15.0. The van der Waals surface area contributed by atoms with Gasteiger partial charge in [0.2, 0.25) is 0 Å². The highest BCUT2D eigenvalue weighted by molar-refractivity contribution is 9.08. The normalized spacial score (nSPS) is 33.2. The van der Waals surface area contributed by atoms with E-state index in [0.717, 1.165) is 32.4 Å². The Hall–Kier alpha value is -1.37. The number of para-hydroxylation sites is 1. The highest BCUT2D eigenvalue weighted by Gasteiger charge is 2.49. The van der Waals surface area contributed by atoms with Gasteiger partial charge in [-0.25, -0.2) is 0 Å². The van der Waals surface area contributed by atoms with Gasteiger partial charge in [0, 0.05) is 18.5 Å². The SMILES string of the molecule is COC(=O)C1C(O)CCC2CN3CCc4c(n(Br)c5ccccc45)C3CC21. The minimum Gasteiger partial charge on any atom is -0.469 e. The third-order valence-electron chi connectivity index (χ3n) is 7.12. The molecule has 5 atom stereocenters. The molecule has 2 aromatic rings. The van der Waals surface area contributed by atoms with Crippen molar-refractivity contribution in [1.82, 2.24) is 8.49 Å². The van der Waals surface area contributed by atoms with E-state index in [1.165, 1.54) is 29.3 Å². The summed E-state index contributed by atoms with van der Waals surface area (Å²) in [6, 6.07) is 8.81. The zero-order valence-corrected chi connectivity index (χ0v) is 17.1. The number of halogens is 1. The first-order valence-corrected chi connectivity index (χ1v) is 10.6. The van der Waals surface area contributed by atoms with E-state index in [1.807, 2.05) is 0 Å². The number of fused-ring (bicyclic) bond motifs is 6. The third kappa shape index (κ3) is 2.60. The van der Waals surface area contributed by atoms with Crippen LogP contribution in [0, 0.1) is 17.8 Å². The number of carbonyl (C=O) groups is 1. The molecular formula is C21H25BrN2O3. The molecule has 1 saturated heterocycles. The number of nitrogens with zero attached hydrogens (tertiary/aromatic N) is 2. The number of piperidine rings is 1. The monoisotopic (exact) mass is 432 g/mol. The van der Waals surface area contributed by atoms with E-state index in [-0.39, 0.29) is 17.9 Å². The van der Waals surface area contributed by atoms with E-state index in [4.69, 9.17) is 4.74 Å². The van der Waals surface area contributed by atoms with Gasteiger partial charge in [0.15, 0.2) is 0 Å². The van der Waals surface area contributed by atoms with Crippen LogP contribution in [0.15, 0.2) is 24.3 Å². The number of aliphatic hydroxyl groups is 1. The van der Waals surface area contributed by atoms with Gasteiger partial charge in [0.05, 0.1) is 52.5 Å². The molecule has 5 nitrogen and oxygen atoms in total.